The number of sulfonamides is 1. The zero-order valence-electron chi connectivity index (χ0n) is 13.4. The van der Waals surface area contributed by atoms with Crippen molar-refractivity contribution in [2.45, 2.75) is 37.7 Å². The maximum absolute atomic E-state index is 11.6. The molecule has 1 aromatic rings. The second kappa shape index (κ2) is 7.11. The molecule has 3 rings (SSSR count). The number of nitrogens with zero attached hydrogens (tertiary/aromatic N) is 3. The number of ether oxygens (including phenoxy) is 1. The third-order valence-electron chi connectivity index (χ3n) is 4.51. The molecule has 1 aromatic heterocycles. The molecule has 1 N–H and O–H groups in total. The van der Waals surface area contributed by atoms with Gasteiger partial charge in [0, 0.05) is 37.4 Å². The number of rotatable bonds is 5. The molecular formula is C15H24N4O3S. The van der Waals surface area contributed by atoms with Gasteiger partial charge in [0.05, 0.1) is 19.0 Å². The van der Waals surface area contributed by atoms with E-state index in [1.54, 1.807) is 6.20 Å². The number of anilines is 1. The monoisotopic (exact) mass is 340 g/mol. The quantitative estimate of drug-likeness (QED) is 0.867. The summed E-state index contributed by atoms with van der Waals surface area (Å²) in [6.45, 7) is 1.71. The molecule has 1 aliphatic heterocycles. The van der Waals surface area contributed by atoms with E-state index in [0.29, 0.717) is 38.1 Å². The molecule has 0 radical (unpaired) electrons. The minimum Gasteiger partial charge on any atom is -0.374 e. The zero-order valence-corrected chi connectivity index (χ0v) is 14.3. The lowest BCUT2D eigenvalue weighted by Gasteiger charge is -2.31. The Balaban J connectivity index is 1.56. The van der Waals surface area contributed by atoms with E-state index in [9.17, 15) is 8.42 Å². The van der Waals surface area contributed by atoms with Gasteiger partial charge in [-0.3, -0.25) is 0 Å². The van der Waals surface area contributed by atoms with Crippen LogP contribution < -0.4 is 5.32 Å². The van der Waals surface area contributed by atoms with Gasteiger partial charge in [-0.15, -0.1) is 0 Å². The highest BCUT2D eigenvalue weighted by Gasteiger charge is 2.26. The summed E-state index contributed by atoms with van der Waals surface area (Å²) in [4.78, 5) is 8.85. The molecule has 2 fully saturated rings. The van der Waals surface area contributed by atoms with Crippen LogP contribution in [0.2, 0.25) is 0 Å². The van der Waals surface area contributed by atoms with Gasteiger partial charge in [0.25, 0.3) is 0 Å². The van der Waals surface area contributed by atoms with Crippen LogP contribution in [0.4, 0.5) is 5.95 Å². The van der Waals surface area contributed by atoms with Crippen molar-refractivity contribution in [2.24, 2.45) is 0 Å². The number of hydrogen-bond donors (Lipinski definition) is 1. The van der Waals surface area contributed by atoms with E-state index in [0.717, 1.165) is 5.69 Å². The molecular weight excluding hydrogens is 316 g/mol. The van der Waals surface area contributed by atoms with Crippen LogP contribution in [0.5, 0.6) is 0 Å². The zero-order chi connectivity index (χ0) is 16.3. The predicted octanol–water partition coefficient (Wildman–Crippen LogP) is 1.21. The molecule has 2 aliphatic rings. The lowest BCUT2D eigenvalue weighted by Crippen LogP contribution is -2.47. The lowest BCUT2D eigenvalue weighted by molar-refractivity contribution is 0.00696. The van der Waals surface area contributed by atoms with Crippen LogP contribution in [-0.4, -0.2) is 61.3 Å². The summed E-state index contributed by atoms with van der Waals surface area (Å²) in [5, 5.41) is 3.18. The first-order chi connectivity index (χ1) is 11.0. The molecule has 0 spiro atoms. The van der Waals surface area contributed by atoms with Gasteiger partial charge < -0.3 is 10.1 Å². The van der Waals surface area contributed by atoms with Gasteiger partial charge in [0.2, 0.25) is 16.0 Å². The van der Waals surface area contributed by atoms with Crippen molar-refractivity contribution in [1.29, 1.82) is 0 Å². The molecule has 1 saturated carbocycles. The van der Waals surface area contributed by atoms with Crippen molar-refractivity contribution < 1.29 is 13.2 Å². The van der Waals surface area contributed by atoms with Crippen LogP contribution in [0.1, 0.15) is 37.3 Å². The Hall–Kier alpha value is -1.25. The summed E-state index contributed by atoms with van der Waals surface area (Å²) in [5.41, 5.74) is 1.10. The first kappa shape index (κ1) is 16.6. The van der Waals surface area contributed by atoms with Gasteiger partial charge in [-0.25, -0.2) is 18.4 Å². The Morgan fingerprint density at radius 2 is 2.17 bits per heavy atom. The van der Waals surface area contributed by atoms with Crippen LogP contribution in [0, 0.1) is 0 Å². The van der Waals surface area contributed by atoms with E-state index in [-0.39, 0.29) is 6.10 Å². The van der Waals surface area contributed by atoms with Gasteiger partial charge in [-0.2, -0.15) is 4.31 Å². The Morgan fingerprint density at radius 1 is 1.39 bits per heavy atom. The fourth-order valence-corrected chi connectivity index (χ4v) is 4.07. The molecule has 8 heteroatoms. The second-order valence-electron chi connectivity index (χ2n) is 6.28. The minimum atomic E-state index is -3.17. The summed E-state index contributed by atoms with van der Waals surface area (Å²) >= 11 is 0. The van der Waals surface area contributed by atoms with Crippen molar-refractivity contribution in [3.05, 3.63) is 18.0 Å². The van der Waals surface area contributed by atoms with Crippen molar-refractivity contribution >= 4 is 16.0 Å². The van der Waals surface area contributed by atoms with Crippen molar-refractivity contribution in [3.8, 4) is 0 Å². The molecule has 23 heavy (non-hydrogen) atoms. The summed E-state index contributed by atoms with van der Waals surface area (Å²) in [5.74, 6) is 1.14. The molecule has 0 aromatic carbocycles. The molecule has 1 saturated heterocycles. The van der Waals surface area contributed by atoms with Gasteiger partial charge in [0.1, 0.15) is 0 Å². The smallest absolute Gasteiger partial charge is 0.222 e. The third-order valence-corrected chi connectivity index (χ3v) is 5.78. The molecule has 1 aliphatic carbocycles. The SMILES string of the molecule is CS(=O)(=O)N1CCOC(CNc2nccc(C3CCCC3)n2)C1. The van der Waals surface area contributed by atoms with Crippen LogP contribution in [0.15, 0.2) is 12.3 Å². The van der Waals surface area contributed by atoms with Gasteiger partial charge in [0.15, 0.2) is 0 Å². The Morgan fingerprint density at radius 3 is 2.91 bits per heavy atom. The summed E-state index contributed by atoms with van der Waals surface area (Å²) in [7, 11) is -3.17. The maximum atomic E-state index is 11.6. The average molecular weight is 340 g/mol. The highest BCUT2D eigenvalue weighted by atomic mass is 32.2. The molecule has 0 amide bonds. The highest BCUT2D eigenvalue weighted by molar-refractivity contribution is 7.88. The summed E-state index contributed by atoms with van der Waals surface area (Å²) in [6.07, 6.45) is 7.78. The highest BCUT2D eigenvalue weighted by Crippen LogP contribution is 2.32. The van der Waals surface area contributed by atoms with E-state index in [1.807, 2.05) is 6.07 Å². The Kier molecular flexibility index (Phi) is 5.13. The second-order valence-corrected chi connectivity index (χ2v) is 8.26. The number of morpholine rings is 1. The lowest BCUT2D eigenvalue weighted by atomic mass is 10.0. The van der Waals surface area contributed by atoms with Crippen molar-refractivity contribution in [3.63, 3.8) is 0 Å². The normalized spacial score (nSPS) is 24.0. The molecule has 2 heterocycles. The van der Waals surface area contributed by atoms with Gasteiger partial charge in [-0.1, -0.05) is 12.8 Å². The van der Waals surface area contributed by atoms with E-state index in [2.05, 4.69) is 15.3 Å². The fourth-order valence-electron chi connectivity index (χ4n) is 3.23. The molecule has 0 bridgehead atoms. The van der Waals surface area contributed by atoms with E-state index < -0.39 is 10.0 Å². The minimum absolute atomic E-state index is 0.183. The van der Waals surface area contributed by atoms with Gasteiger partial charge in [-0.05, 0) is 18.9 Å². The first-order valence-corrected chi connectivity index (χ1v) is 10.0. The molecule has 1 atom stereocenters. The summed E-state index contributed by atoms with van der Waals surface area (Å²) in [6, 6.07) is 1.99. The Bertz CT molecular complexity index is 631. The van der Waals surface area contributed by atoms with Crippen molar-refractivity contribution in [2.75, 3.05) is 37.8 Å². The number of aromatic nitrogens is 2. The topological polar surface area (TPSA) is 84.4 Å². The number of hydrogen-bond acceptors (Lipinski definition) is 6. The fraction of sp³-hybridized carbons (Fsp3) is 0.733. The van der Waals surface area contributed by atoms with Crippen molar-refractivity contribution in [1.82, 2.24) is 14.3 Å². The standard InChI is InChI=1S/C15H24N4O3S/c1-23(20,21)19-8-9-22-13(11-19)10-17-15-16-7-6-14(18-15)12-4-2-3-5-12/h6-7,12-13H,2-5,8-11H2,1H3,(H,16,17,18). The third kappa shape index (κ3) is 4.39. The maximum Gasteiger partial charge on any atom is 0.222 e. The largest absolute Gasteiger partial charge is 0.374 e. The number of nitrogens with one attached hydrogen (secondary N) is 1. The van der Waals surface area contributed by atoms with E-state index in [1.165, 1.54) is 36.2 Å². The summed E-state index contributed by atoms with van der Waals surface area (Å²) < 4.78 is 30.3. The average Bonchev–Trinajstić information content (AvgIpc) is 3.07. The van der Waals surface area contributed by atoms with Gasteiger partial charge >= 0.3 is 0 Å². The molecule has 1 unspecified atom stereocenters. The van der Waals surface area contributed by atoms with Crippen LogP contribution >= 0.6 is 0 Å². The molecule has 128 valence electrons. The van der Waals surface area contributed by atoms with E-state index >= 15 is 0 Å². The first-order valence-electron chi connectivity index (χ1n) is 8.16. The van der Waals surface area contributed by atoms with Crippen LogP contribution in [-0.2, 0) is 14.8 Å². The van der Waals surface area contributed by atoms with Crippen LogP contribution in [0.25, 0.3) is 0 Å². The van der Waals surface area contributed by atoms with E-state index in [4.69, 9.17) is 4.74 Å². The molecule has 7 nitrogen and oxygen atoms in total. The Labute approximate surface area is 137 Å². The predicted molar refractivity (Wildman–Crippen MR) is 87.9 cm³/mol. The van der Waals surface area contributed by atoms with Crippen LogP contribution in [0.3, 0.4) is 0 Å².